The van der Waals surface area contributed by atoms with Crippen molar-refractivity contribution in [3.63, 3.8) is 0 Å². The molecule has 1 aromatic heterocycles. The molecule has 24 heavy (non-hydrogen) atoms. The third kappa shape index (κ3) is 2.80. The highest BCUT2D eigenvalue weighted by Crippen LogP contribution is 2.22. The summed E-state index contributed by atoms with van der Waals surface area (Å²) in [7, 11) is 0. The van der Waals surface area contributed by atoms with E-state index in [1.165, 1.54) is 35.4 Å². The Morgan fingerprint density at radius 1 is 0.958 bits per heavy atom. The minimum absolute atomic E-state index is 0.960. The van der Waals surface area contributed by atoms with E-state index in [9.17, 15) is 0 Å². The van der Waals surface area contributed by atoms with Gasteiger partial charge < -0.3 is 0 Å². The zero-order valence-corrected chi connectivity index (χ0v) is 14.2. The van der Waals surface area contributed by atoms with Crippen LogP contribution in [0.2, 0.25) is 0 Å². The number of rotatable bonds is 3. The van der Waals surface area contributed by atoms with Crippen molar-refractivity contribution in [3.05, 3.63) is 76.5 Å². The third-order valence-corrected chi connectivity index (χ3v) is 4.49. The molecule has 2 aromatic carbocycles. The Balaban J connectivity index is 1.82. The Kier molecular flexibility index (Phi) is 3.81. The summed E-state index contributed by atoms with van der Waals surface area (Å²) in [5.41, 5.74) is 11.8. The minimum atomic E-state index is 0.960. The lowest BCUT2D eigenvalue weighted by atomic mass is 10.0. The van der Waals surface area contributed by atoms with Gasteiger partial charge in [0.25, 0.3) is 0 Å². The molecule has 4 heteroatoms. The van der Waals surface area contributed by atoms with E-state index < -0.39 is 0 Å². The van der Waals surface area contributed by atoms with Gasteiger partial charge in [0.05, 0.1) is 0 Å². The predicted molar refractivity (Wildman–Crippen MR) is 94.7 cm³/mol. The highest BCUT2D eigenvalue weighted by molar-refractivity contribution is 5.47. The topological polar surface area (TPSA) is 35.8 Å². The van der Waals surface area contributed by atoms with Crippen LogP contribution in [0, 0.1) is 13.8 Å². The van der Waals surface area contributed by atoms with Gasteiger partial charge in [-0.1, -0.05) is 53.6 Å². The van der Waals surface area contributed by atoms with Crippen molar-refractivity contribution in [2.45, 2.75) is 39.5 Å². The Morgan fingerprint density at radius 3 is 2.50 bits per heavy atom. The van der Waals surface area contributed by atoms with Crippen LogP contribution in [0.15, 0.2) is 48.5 Å². The van der Waals surface area contributed by atoms with Crippen molar-refractivity contribution in [2.75, 3.05) is 0 Å². The van der Waals surface area contributed by atoms with E-state index in [1.54, 1.807) is 0 Å². The molecular weight excluding hydrogens is 296 g/mol. The summed E-state index contributed by atoms with van der Waals surface area (Å²) < 4.78 is 0. The highest BCUT2D eigenvalue weighted by atomic mass is 15.7. The number of aromatic nitrogens is 3. The minimum Gasteiger partial charge on any atom is -0.271 e. The first kappa shape index (κ1) is 14.9. The van der Waals surface area contributed by atoms with Gasteiger partial charge in [0.1, 0.15) is 0 Å². The summed E-state index contributed by atoms with van der Waals surface area (Å²) in [5, 5.41) is 4.87. The highest BCUT2D eigenvalue weighted by Gasteiger charge is 2.24. The lowest BCUT2D eigenvalue weighted by molar-refractivity contribution is -0.707. The van der Waals surface area contributed by atoms with Crippen molar-refractivity contribution in [1.29, 1.82) is 0 Å². The van der Waals surface area contributed by atoms with Crippen molar-refractivity contribution in [2.24, 2.45) is 0 Å². The molecule has 0 fully saturated rings. The average molecular weight is 318 g/mol. The fourth-order valence-corrected chi connectivity index (χ4v) is 3.29. The molecule has 3 aromatic rings. The van der Waals surface area contributed by atoms with Gasteiger partial charge >= 0.3 is 0 Å². The molecule has 1 aliphatic rings. The second-order valence-corrected chi connectivity index (χ2v) is 6.56. The standard InChI is InChI=1S/C20H22N4/c1-15-7-5-9-17(13-15)21-24-20-12-4-3-11-19(20)22-23(24)18-10-6-8-16(2)14-18/h5-10,13-14H,3-4,11-12H2,1-2H3. The smallest absolute Gasteiger partial charge is 0.199 e. The fraction of sp³-hybridized carbons (Fsp3) is 0.300. The van der Waals surface area contributed by atoms with Gasteiger partial charge in [0, 0.05) is 18.5 Å². The summed E-state index contributed by atoms with van der Waals surface area (Å²) in [4.78, 5) is 3.95. The molecule has 0 aliphatic heterocycles. The van der Waals surface area contributed by atoms with Gasteiger partial charge in [0.15, 0.2) is 11.4 Å². The molecule has 0 atom stereocenters. The first-order valence-electron chi connectivity index (χ1n) is 8.59. The molecule has 122 valence electrons. The molecule has 0 radical (unpaired) electrons. The predicted octanol–water partition coefficient (Wildman–Crippen LogP) is 4.12. The van der Waals surface area contributed by atoms with Gasteiger partial charge in [-0.05, 0) is 43.5 Å². The number of nitrogens with zero attached hydrogens (tertiary/aromatic N) is 4. The summed E-state index contributed by atoms with van der Waals surface area (Å²) in [6.07, 6.45) is 4.49. The van der Waals surface area contributed by atoms with Crippen LogP contribution in [0.5, 0.6) is 0 Å². The molecular formula is C20H22N4. The van der Waals surface area contributed by atoms with Gasteiger partial charge in [-0.25, -0.2) is 0 Å². The van der Waals surface area contributed by atoms with Crippen molar-refractivity contribution < 1.29 is 4.79 Å². The van der Waals surface area contributed by atoms with Crippen LogP contribution in [0.3, 0.4) is 0 Å². The van der Waals surface area contributed by atoms with Crippen LogP contribution in [0.1, 0.15) is 35.4 Å². The van der Waals surface area contributed by atoms with Gasteiger partial charge in [-0.15, -0.1) is 4.80 Å². The third-order valence-electron chi connectivity index (χ3n) is 4.49. The molecule has 0 saturated carbocycles. The zero-order chi connectivity index (χ0) is 16.5. The first-order valence-corrected chi connectivity index (χ1v) is 8.59. The van der Waals surface area contributed by atoms with Crippen molar-refractivity contribution in [1.82, 2.24) is 9.90 Å². The maximum atomic E-state index is 4.90. The van der Waals surface area contributed by atoms with E-state index in [-0.39, 0.29) is 0 Å². The van der Waals surface area contributed by atoms with Crippen LogP contribution in [-0.2, 0) is 12.8 Å². The molecule has 1 aliphatic carbocycles. The van der Waals surface area contributed by atoms with Crippen LogP contribution in [0.4, 0.5) is 5.69 Å². The lowest BCUT2D eigenvalue weighted by Crippen LogP contribution is -2.42. The van der Waals surface area contributed by atoms with E-state index >= 15 is 0 Å². The van der Waals surface area contributed by atoms with Crippen LogP contribution in [0.25, 0.3) is 11.1 Å². The molecule has 0 N–H and O–H groups in total. The number of aryl methyl sites for hydroxylation is 3. The number of hydrogen-bond donors (Lipinski definition) is 0. The van der Waals surface area contributed by atoms with E-state index in [4.69, 9.17) is 10.5 Å². The van der Waals surface area contributed by atoms with E-state index in [1.807, 2.05) is 15.7 Å². The maximum absolute atomic E-state index is 4.90. The Bertz CT molecular complexity index is 879. The van der Waals surface area contributed by atoms with Crippen LogP contribution < -0.4 is 4.79 Å². The second kappa shape index (κ2) is 6.11. The molecule has 4 nitrogen and oxygen atoms in total. The van der Waals surface area contributed by atoms with Gasteiger partial charge in [-0.3, -0.25) is 5.43 Å². The Hall–Kier alpha value is -2.62. The average Bonchev–Trinajstić information content (AvgIpc) is 2.94. The van der Waals surface area contributed by atoms with Crippen molar-refractivity contribution >= 4 is 5.69 Å². The van der Waals surface area contributed by atoms with Gasteiger partial charge in [-0.2, -0.15) is 4.79 Å². The molecule has 0 amide bonds. The van der Waals surface area contributed by atoms with E-state index in [0.29, 0.717) is 0 Å². The van der Waals surface area contributed by atoms with Crippen LogP contribution >= 0.6 is 0 Å². The van der Waals surface area contributed by atoms with Crippen LogP contribution in [-0.4, -0.2) is 9.90 Å². The molecule has 0 saturated heterocycles. The molecule has 0 unspecified atom stereocenters. The summed E-state index contributed by atoms with van der Waals surface area (Å²) in [6.45, 7) is 4.20. The largest absolute Gasteiger partial charge is 0.271 e. The quantitative estimate of drug-likeness (QED) is 0.669. The molecule has 4 rings (SSSR count). The van der Waals surface area contributed by atoms with E-state index in [2.05, 4.69) is 56.3 Å². The molecule has 1 heterocycles. The first-order chi connectivity index (χ1) is 11.7. The number of hydrogen-bond acceptors (Lipinski definition) is 1. The monoisotopic (exact) mass is 318 g/mol. The Morgan fingerprint density at radius 2 is 1.71 bits per heavy atom. The SMILES string of the molecule is Cc1cccc([N-][n+]2c3c(nn2-c2cccc(C)c2)CCCC3)c1. The van der Waals surface area contributed by atoms with Gasteiger partial charge in [0.2, 0.25) is 0 Å². The van der Waals surface area contributed by atoms with E-state index in [0.717, 1.165) is 24.2 Å². The lowest BCUT2D eigenvalue weighted by Gasteiger charge is -2.17. The fourth-order valence-electron chi connectivity index (χ4n) is 3.29. The second-order valence-electron chi connectivity index (χ2n) is 6.56. The number of benzene rings is 2. The molecule has 0 spiro atoms. The van der Waals surface area contributed by atoms with Crippen molar-refractivity contribution in [3.8, 4) is 5.69 Å². The summed E-state index contributed by atoms with van der Waals surface area (Å²) in [5.74, 6) is 0. The summed E-state index contributed by atoms with van der Waals surface area (Å²) in [6, 6.07) is 16.7. The zero-order valence-electron chi connectivity index (χ0n) is 14.2. The Labute approximate surface area is 142 Å². The maximum Gasteiger partial charge on any atom is 0.199 e. The number of fused-ring (bicyclic) bond motifs is 1. The summed E-state index contributed by atoms with van der Waals surface area (Å²) >= 11 is 0. The molecule has 0 bridgehead atoms. The normalized spacial score (nSPS) is 13.6.